The molecule has 0 saturated carbocycles. The molecule has 1 aliphatic rings. The molecule has 1 N–H and O–H groups in total. The molecule has 0 fully saturated rings. The Hall–Kier alpha value is -4.66. The van der Waals surface area contributed by atoms with E-state index in [0.717, 1.165) is 34.5 Å². The van der Waals surface area contributed by atoms with Crippen molar-refractivity contribution in [3.05, 3.63) is 134 Å². The fraction of sp³-hybridized carbons (Fsp3) is 0.194. The van der Waals surface area contributed by atoms with Gasteiger partial charge in [0.05, 0.1) is 24.5 Å². The number of nitrogens with one attached hydrogen (secondary N) is 1. The molecule has 4 aromatic rings. The summed E-state index contributed by atoms with van der Waals surface area (Å²) in [5, 5.41) is 2.78. The molecule has 2 heterocycles. The molecule has 2 aromatic heterocycles. The van der Waals surface area contributed by atoms with Gasteiger partial charge in [-0.05, 0) is 84.6 Å². The Kier molecular flexibility index (Phi) is 7.55. The number of rotatable bonds is 8. The number of carbonyl (C=O) groups is 1. The zero-order valence-corrected chi connectivity index (χ0v) is 21.9. The second kappa shape index (κ2) is 11.2. The number of hydrogen-bond donors (Lipinski definition) is 1. The van der Waals surface area contributed by atoms with Gasteiger partial charge in [0.1, 0.15) is 17.1 Å². The quantitative estimate of drug-likeness (QED) is 0.321. The zero-order chi connectivity index (χ0) is 28.4. The maximum absolute atomic E-state index is 13.9. The predicted molar refractivity (Wildman–Crippen MR) is 145 cm³/mol. The largest absolute Gasteiger partial charge is 0.491 e. The lowest BCUT2D eigenvalue weighted by Crippen LogP contribution is -2.32. The molecule has 9 heteroatoms. The molecule has 2 aromatic carbocycles. The van der Waals surface area contributed by atoms with Crippen LogP contribution in [0.3, 0.4) is 0 Å². The van der Waals surface area contributed by atoms with E-state index in [2.05, 4.69) is 10.3 Å². The van der Waals surface area contributed by atoms with Crippen molar-refractivity contribution in [2.45, 2.75) is 39.5 Å². The van der Waals surface area contributed by atoms with Gasteiger partial charge < -0.3 is 14.6 Å². The average Bonchev–Trinajstić information content (AvgIpc) is 3.33. The molecule has 40 heavy (non-hydrogen) atoms. The van der Waals surface area contributed by atoms with Crippen LogP contribution < -0.4 is 15.6 Å². The first-order valence-electron chi connectivity index (χ1n) is 12.8. The molecule has 0 atom stereocenters. The summed E-state index contributed by atoms with van der Waals surface area (Å²) in [4.78, 5) is 30.2. The van der Waals surface area contributed by atoms with Crippen LogP contribution in [-0.4, -0.2) is 21.6 Å². The summed E-state index contributed by atoms with van der Waals surface area (Å²) in [7, 11) is 0. The molecule has 0 aliphatic heterocycles. The maximum atomic E-state index is 13.9. The van der Waals surface area contributed by atoms with Crippen LogP contribution in [0.4, 0.5) is 13.2 Å². The molecule has 0 spiro atoms. The molecule has 0 unspecified atom stereocenters. The minimum Gasteiger partial charge on any atom is -0.491 e. The van der Waals surface area contributed by atoms with Crippen LogP contribution in [0.1, 0.15) is 52.2 Å². The molecule has 5 rings (SSSR count). The van der Waals surface area contributed by atoms with Gasteiger partial charge in [-0.2, -0.15) is 0 Å². The van der Waals surface area contributed by atoms with E-state index in [0.29, 0.717) is 23.3 Å². The van der Waals surface area contributed by atoms with Gasteiger partial charge in [-0.1, -0.05) is 12.1 Å². The molecule has 0 bridgehead atoms. The molecule has 204 valence electrons. The van der Waals surface area contributed by atoms with E-state index in [-0.39, 0.29) is 24.8 Å². The number of halogens is 3. The normalized spacial score (nSPS) is 12.3. The number of hydrogen-bond acceptors (Lipinski definition) is 4. The van der Waals surface area contributed by atoms with Crippen molar-refractivity contribution in [1.29, 1.82) is 0 Å². The van der Waals surface area contributed by atoms with Gasteiger partial charge in [-0.15, -0.1) is 0 Å². The topological polar surface area (TPSA) is 73.2 Å². The van der Waals surface area contributed by atoms with E-state index in [4.69, 9.17) is 4.74 Å². The summed E-state index contributed by atoms with van der Waals surface area (Å²) in [5.74, 6) is -2.41. The van der Waals surface area contributed by atoms with Crippen LogP contribution in [0.15, 0.2) is 77.9 Å². The Morgan fingerprint density at radius 2 is 1.88 bits per heavy atom. The van der Waals surface area contributed by atoms with Crippen molar-refractivity contribution in [2.24, 2.45) is 0 Å². The summed E-state index contributed by atoms with van der Waals surface area (Å²) < 4.78 is 48.0. The highest BCUT2D eigenvalue weighted by atomic mass is 19.2. The van der Waals surface area contributed by atoms with Crippen LogP contribution in [0.5, 0.6) is 5.75 Å². The maximum Gasteiger partial charge on any atom is 0.263 e. The lowest BCUT2D eigenvalue weighted by Gasteiger charge is -2.15. The first-order chi connectivity index (χ1) is 19.2. The number of benzene rings is 2. The minimum atomic E-state index is -1.01. The predicted octanol–water partition coefficient (Wildman–Crippen LogP) is 5.41. The van der Waals surface area contributed by atoms with Gasteiger partial charge in [-0.25, -0.2) is 13.2 Å². The number of allylic oxidation sites excluding steroid dienone is 1. The molecular weight excluding hydrogens is 519 g/mol. The molecule has 1 aliphatic carbocycles. The first kappa shape index (κ1) is 26.9. The molecule has 0 saturated heterocycles. The highest BCUT2D eigenvalue weighted by Crippen LogP contribution is 2.34. The van der Waals surface area contributed by atoms with Gasteiger partial charge in [0, 0.05) is 24.7 Å². The summed E-state index contributed by atoms with van der Waals surface area (Å²) in [6.45, 7) is 3.87. The Bertz CT molecular complexity index is 1700. The average molecular weight is 546 g/mol. The Labute approximate surface area is 228 Å². The van der Waals surface area contributed by atoms with Gasteiger partial charge in [0.2, 0.25) is 0 Å². The van der Waals surface area contributed by atoms with Crippen molar-refractivity contribution in [2.75, 3.05) is 0 Å². The monoisotopic (exact) mass is 545 g/mol. The molecule has 1 amide bonds. The van der Waals surface area contributed by atoms with E-state index in [9.17, 15) is 22.8 Å². The van der Waals surface area contributed by atoms with Crippen molar-refractivity contribution < 1.29 is 22.7 Å². The highest BCUT2D eigenvalue weighted by Gasteiger charge is 2.20. The van der Waals surface area contributed by atoms with Crippen LogP contribution in [0.25, 0.3) is 5.57 Å². The molecule has 0 radical (unpaired) electrons. The van der Waals surface area contributed by atoms with Crippen molar-refractivity contribution >= 4 is 11.5 Å². The van der Waals surface area contributed by atoms with E-state index in [1.807, 2.05) is 32.1 Å². The SMILES string of the molecule is CC(C)Oc1cc(CNC(=O)c2cccn(Cc3ccc(F)c(F)c3)c2=O)cc(C2=CCc3ncc(F)cc32)c1. The van der Waals surface area contributed by atoms with Crippen molar-refractivity contribution in [1.82, 2.24) is 14.9 Å². The van der Waals surface area contributed by atoms with Crippen LogP contribution in [0.2, 0.25) is 0 Å². The van der Waals surface area contributed by atoms with Gasteiger partial charge in [0.15, 0.2) is 11.6 Å². The fourth-order valence-electron chi connectivity index (χ4n) is 4.65. The van der Waals surface area contributed by atoms with Gasteiger partial charge in [0.25, 0.3) is 11.5 Å². The number of fused-ring (bicyclic) bond motifs is 1. The van der Waals surface area contributed by atoms with Crippen LogP contribution in [0, 0.1) is 17.5 Å². The standard InChI is InChI=1S/C31H26F3N3O3/c1-18(2)40-23-11-20(10-21(13-23)24-6-8-29-26(24)14-22(32)16-35-29)15-36-30(38)25-4-3-9-37(31(25)39)17-19-5-7-27(33)28(34)12-19/h3-7,9-14,16,18H,8,15,17H2,1-2H3,(H,36,38). The van der Waals surface area contributed by atoms with Gasteiger partial charge in [-0.3, -0.25) is 14.6 Å². The summed E-state index contributed by atoms with van der Waals surface area (Å²) >= 11 is 0. The number of amides is 1. The Balaban J connectivity index is 1.37. The Morgan fingerprint density at radius 3 is 2.65 bits per heavy atom. The van der Waals surface area contributed by atoms with Crippen LogP contribution >= 0.6 is 0 Å². The number of pyridine rings is 2. The second-order valence-corrected chi connectivity index (χ2v) is 9.79. The lowest BCUT2D eigenvalue weighted by molar-refractivity contribution is 0.0948. The van der Waals surface area contributed by atoms with E-state index in [1.165, 1.54) is 35.2 Å². The third-order valence-electron chi connectivity index (χ3n) is 6.43. The van der Waals surface area contributed by atoms with E-state index >= 15 is 0 Å². The number of ether oxygens (including phenoxy) is 1. The molecular formula is C31H26F3N3O3. The number of aromatic nitrogens is 2. The summed E-state index contributed by atoms with van der Waals surface area (Å²) in [6, 6.07) is 13.3. The molecule has 6 nitrogen and oxygen atoms in total. The van der Waals surface area contributed by atoms with Gasteiger partial charge >= 0.3 is 0 Å². The van der Waals surface area contributed by atoms with E-state index < -0.39 is 28.9 Å². The highest BCUT2D eigenvalue weighted by molar-refractivity contribution is 5.93. The Morgan fingerprint density at radius 1 is 1.05 bits per heavy atom. The zero-order valence-electron chi connectivity index (χ0n) is 21.9. The van der Waals surface area contributed by atoms with Crippen molar-refractivity contribution in [3.63, 3.8) is 0 Å². The fourth-order valence-corrected chi connectivity index (χ4v) is 4.65. The van der Waals surface area contributed by atoms with Crippen molar-refractivity contribution in [3.8, 4) is 5.75 Å². The lowest BCUT2D eigenvalue weighted by atomic mass is 9.98. The first-order valence-corrected chi connectivity index (χ1v) is 12.8. The third-order valence-corrected chi connectivity index (χ3v) is 6.43. The summed E-state index contributed by atoms with van der Waals surface area (Å²) in [5.41, 5.74) is 3.56. The van der Waals surface area contributed by atoms with E-state index in [1.54, 1.807) is 12.1 Å². The summed E-state index contributed by atoms with van der Waals surface area (Å²) in [6.07, 6.45) is 5.14. The number of carbonyl (C=O) groups excluding carboxylic acids is 1. The van der Waals surface area contributed by atoms with Crippen LogP contribution in [-0.2, 0) is 19.5 Å². The third kappa shape index (κ3) is 5.83. The minimum absolute atomic E-state index is 0.0267. The second-order valence-electron chi connectivity index (χ2n) is 9.79. The number of nitrogens with zero attached hydrogens (tertiary/aromatic N) is 2. The smallest absolute Gasteiger partial charge is 0.263 e.